The maximum absolute atomic E-state index is 12.6. The number of fused-ring (bicyclic) bond motifs is 1. The van der Waals surface area contributed by atoms with Gasteiger partial charge in [-0.1, -0.05) is 36.4 Å². The van der Waals surface area contributed by atoms with Crippen LogP contribution in [-0.4, -0.2) is 53.3 Å². The van der Waals surface area contributed by atoms with Crippen LogP contribution in [0.2, 0.25) is 0 Å². The average molecular weight is 363 g/mol. The third-order valence-electron chi connectivity index (χ3n) is 5.19. The normalized spacial score (nSPS) is 15.3. The van der Waals surface area contributed by atoms with Crippen molar-refractivity contribution in [2.24, 2.45) is 7.05 Å². The maximum Gasteiger partial charge on any atom is 0.183 e. The van der Waals surface area contributed by atoms with Crippen LogP contribution in [0.25, 0.3) is 22.0 Å². The summed E-state index contributed by atoms with van der Waals surface area (Å²) in [5.74, 6) is 0.117. The SMILES string of the molecule is Cn1nc(C(=O)CCCN2CCOCC2)cc1-c1ccc2ccccc2c1. The quantitative estimate of drug-likeness (QED) is 0.629. The smallest absolute Gasteiger partial charge is 0.183 e. The Labute approximate surface area is 159 Å². The van der Waals surface area contributed by atoms with Crippen LogP contribution in [0.1, 0.15) is 23.3 Å². The second-order valence-corrected chi connectivity index (χ2v) is 7.08. The largest absolute Gasteiger partial charge is 0.379 e. The molecule has 1 fully saturated rings. The summed E-state index contributed by atoms with van der Waals surface area (Å²) in [5, 5.41) is 6.87. The first-order valence-corrected chi connectivity index (χ1v) is 9.57. The van der Waals surface area contributed by atoms with E-state index in [4.69, 9.17) is 4.74 Å². The minimum atomic E-state index is 0.117. The van der Waals surface area contributed by atoms with E-state index >= 15 is 0 Å². The molecular formula is C22H25N3O2. The van der Waals surface area contributed by atoms with Gasteiger partial charge in [0.1, 0.15) is 5.69 Å². The molecule has 140 valence electrons. The van der Waals surface area contributed by atoms with Gasteiger partial charge in [0.15, 0.2) is 5.78 Å². The zero-order valence-electron chi connectivity index (χ0n) is 15.7. The molecule has 27 heavy (non-hydrogen) atoms. The summed E-state index contributed by atoms with van der Waals surface area (Å²) < 4.78 is 7.16. The topological polar surface area (TPSA) is 47.4 Å². The number of carbonyl (C=O) groups excluding carboxylic acids is 1. The van der Waals surface area contributed by atoms with Crippen molar-refractivity contribution in [2.45, 2.75) is 12.8 Å². The Morgan fingerprint density at radius 3 is 2.67 bits per heavy atom. The molecule has 1 aromatic heterocycles. The fourth-order valence-corrected chi connectivity index (χ4v) is 3.64. The van der Waals surface area contributed by atoms with E-state index in [1.165, 1.54) is 10.8 Å². The van der Waals surface area contributed by atoms with Crippen molar-refractivity contribution in [1.29, 1.82) is 0 Å². The third-order valence-corrected chi connectivity index (χ3v) is 5.19. The number of ether oxygens (including phenoxy) is 1. The molecule has 0 unspecified atom stereocenters. The molecule has 0 N–H and O–H groups in total. The van der Waals surface area contributed by atoms with E-state index in [1.807, 2.05) is 25.2 Å². The number of hydrogen-bond acceptors (Lipinski definition) is 4. The highest BCUT2D eigenvalue weighted by Gasteiger charge is 2.15. The van der Waals surface area contributed by atoms with Crippen molar-refractivity contribution in [3.05, 3.63) is 54.2 Å². The van der Waals surface area contributed by atoms with Gasteiger partial charge in [0.25, 0.3) is 0 Å². The van der Waals surface area contributed by atoms with Crippen LogP contribution in [0.4, 0.5) is 0 Å². The van der Waals surface area contributed by atoms with Crippen LogP contribution < -0.4 is 0 Å². The summed E-state index contributed by atoms with van der Waals surface area (Å²) in [6, 6.07) is 16.6. The number of Topliss-reactive ketones (excluding diaryl/α,β-unsaturated/α-hetero) is 1. The molecule has 0 radical (unpaired) electrons. The lowest BCUT2D eigenvalue weighted by molar-refractivity contribution is 0.0371. The van der Waals surface area contributed by atoms with Crippen molar-refractivity contribution >= 4 is 16.6 Å². The predicted octanol–water partition coefficient (Wildman–Crippen LogP) is 3.54. The Bertz CT molecular complexity index is 942. The minimum absolute atomic E-state index is 0.117. The highest BCUT2D eigenvalue weighted by molar-refractivity contribution is 5.95. The van der Waals surface area contributed by atoms with Crippen LogP contribution >= 0.6 is 0 Å². The number of aromatic nitrogens is 2. The molecule has 2 heterocycles. The second kappa shape index (κ2) is 8.03. The molecule has 0 spiro atoms. The first-order valence-electron chi connectivity index (χ1n) is 9.57. The van der Waals surface area contributed by atoms with Gasteiger partial charge in [0.2, 0.25) is 0 Å². The van der Waals surface area contributed by atoms with Crippen molar-refractivity contribution in [2.75, 3.05) is 32.8 Å². The van der Waals surface area contributed by atoms with E-state index < -0.39 is 0 Å². The van der Waals surface area contributed by atoms with Crippen LogP contribution in [0.3, 0.4) is 0 Å². The van der Waals surface area contributed by atoms with Gasteiger partial charge < -0.3 is 4.74 Å². The number of morpholine rings is 1. The van der Waals surface area contributed by atoms with Gasteiger partial charge in [-0.05, 0) is 35.9 Å². The molecule has 1 aliphatic rings. The maximum atomic E-state index is 12.6. The Balaban J connectivity index is 1.44. The summed E-state index contributed by atoms with van der Waals surface area (Å²) in [7, 11) is 1.90. The van der Waals surface area contributed by atoms with Gasteiger partial charge in [-0.3, -0.25) is 14.4 Å². The molecular weight excluding hydrogens is 338 g/mol. The summed E-state index contributed by atoms with van der Waals surface area (Å²) in [5.41, 5.74) is 2.61. The van der Waals surface area contributed by atoms with Crippen molar-refractivity contribution < 1.29 is 9.53 Å². The van der Waals surface area contributed by atoms with Crippen LogP contribution in [0, 0.1) is 0 Å². The van der Waals surface area contributed by atoms with E-state index in [0.29, 0.717) is 12.1 Å². The third kappa shape index (κ3) is 4.10. The first kappa shape index (κ1) is 17.9. The number of hydrogen-bond donors (Lipinski definition) is 0. The highest BCUT2D eigenvalue weighted by atomic mass is 16.5. The van der Waals surface area contributed by atoms with Crippen LogP contribution in [0.5, 0.6) is 0 Å². The number of ketones is 1. The number of carbonyl (C=O) groups is 1. The average Bonchev–Trinajstić information content (AvgIpc) is 3.10. The monoisotopic (exact) mass is 363 g/mol. The summed E-state index contributed by atoms with van der Waals surface area (Å²) >= 11 is 0. The molecule has 4 rings (SSSR count). The predicted molar refractivity (Wildman–Crippen MR) is 107 cm³/mol. The molecule has 0 amide bonds. The molecule has 3 aromatic rings. The lowest BCUT2D eigenvalue weighted by Gasteiger charge is -2.26. The number of nitrogens with zero attached hydrogens (tertiary/aromatic N) is 3. The van der Waals surface area contributed by atoms with E-state index in [-0.39, 0.29) is 5.78 Å². The lowest BCUT2D eigenvalue weighted by Crippen LogP contribution is -2.36. The van der Waals surface area contributed by atoms with Gasteiger partial charge in [-0.2, -0.15) is 5.10 Å². The standard InChI is InChI=1S/C22H25N3O2/c1-24-21(19-9-8-17-5-2-3-6-18(17)15-19)16-20(23-24)22(26)7-4-10-25-11-13-27-14-12-25/h2-3,5-6,8-9,15-16H,4,7,10-14H2,1H3. The van der Waals surface area contributed by atoms with Crippen molar-refractivity contribution in [1.82, 2.24) is 14.7 Å². The van der Waals surface area contributed by atoms with Gasteiger partial charge in [-0.25, -0.2) is 0 Å². The Hall–Kier alpha value is -2.50. The summed E-state index contributed by atoms with van der Waals surface area (Å²) in [6.07, 6.45) is 1.40. The Kier molecular flexibility index (Phi) is 5.32. The van der Waals surface area contributed by atoms with Gasteiger partial charge >= 0.3 is 0 Å². The van der Waals surface area contributed by atoms with E-state index in [1.54, 1.807) is 4.68 Å². The number of rotatable bonds is 6. The molecule has 5 heteroatoms. The molecule has 1 aliphatic heterocycles. The molecule has 0 bridgehead atoms. The zero-order chi connectivity index (χ0) is 18.6. The minimum Gasteiger partial charge on any atom is -0.379 e. The van der Waals surface area contributed by atoms with Crippen molar-refractivity contribution in [3.63, 3.8) is 0 Å². The molecule has 1 saturated heterocycles. The summed E-state index contributed by atoms with van der Waals surface area (Å²) in [6.45, 7) is 4.46. The molecule has 0 aliphatic carbocycles. The zero-order valence-corrected chi connectivity index (χ0v) is 15.7. The van der Waals surface area contributed by atoms with E-state index in [9.17, 15) is 4.79 Å². The van der Waals surface area contributed by atoms with Gasteiger partial charge in [-0.15, -0.1) is 0 Å². The lowest BCUT2D eigenvalue weighted by atomic mass is 10.0. The van der Waals surface area contributed by atoms with Gasteiger partial charge in [0, 0.05) is 32.1 Å². The highest BCUT2D eigenvalue weighted by Crippen LogP contribution is 2.25. The molecule has 5 nitrogen and oxygen atoms in total. The second-order valence-electron chi connectivity index (χ2n) is 7.08. The fraction of sp³-hybridized carbons (Fsp3) is 0.364. The molecule has 0 atom stereocenters. The molecule has 0 saturated carbocycles. The van der Waals surface area contributed by atoms with E-state index in [2.05, 4.69) is 40.3 Å². The Morgan fingerprint density at radius 2 is 1.85 bits per heavy atom. The van der Waals surface area contributed by atoms with Crippen molar-refractivity contribution in [3.8, 4) is 11.3 Å². The van der Waals surface area contributed by atoms with Crippen LogP contribution in [0.15, 0.2) is 48.5 Å². The summed E-state index contributed by atoms with van der Waals surface area (Å²) in [4.78, 5) is 14.9. The number of aryl methyl sites for hydroxylation is 1. The van der Waals surface area contributed by atoms with Crippen LogP contribution in [-0.2, 0) is 11.8 Å². The fourth-order valence-electron chi connectivity index (χ4n) is 3.64. The first-order chi connectivity index (χ1) is 13.2. The number of benzene rings is 2. The Morgan fingerprint density at radius 1 is 1.07 bits per heavy atom. The van der Waals surface area contributed by atoms with E-state index in [0.717, 1.165) is 50.5 Å². The van der Waals surface area contributed by atoms with Gasteiger partial charge in [0.05, 0.1) is 18.9 Å². The molecule has 2 aromatic carbocycles.